The molecule has 2 aromatic rings. The van der Waals surface area contributed by atoms with Crippen molar-refractivity contribution in [2.24, 2.45) is 0 Å². The van der Waals surface area contributed by atoms with Gasteiger partial charge in [0.1, 0.15) is 0 Å². The van der Waals surface area contributed by atoms with E-state index in [0.29, 0.717) is 26.3 Å². The molecule has 0 unspecified atom stereocenters. The molecule has 1 N–H and O–H groups in total. The van der Waals surface area contributed by atoms with Crippen LogP contribution in [0.1, 0.15) is 15.9 Å². The molecule has 0 aliphatic heterocycles. The second kappa shape index (κ2) is 5.83. The van der Waals surface area contributed by atoms with Crippen molar-refractivity contribution in [3.8, 4) is 0 Å². The summed E-state index contributed by atoms with van der Waals surface area (Å²) in [5.74, 6) is -0.246. The van der Waals surface area contributed by atoms with Gasteiger partial charge >= 0.3 is 0 Å². The van der Waals surface area contributed by atoms with Crippen LogP contribution in [0.2, 0.25) is 15.1 Å². The maximum atomic E-state index is 12.1. The number of amides is 1. The first-order valence-corrected chi connectivity index (χ1v) is 6.63. The van der Waals surface area contributed by atoms with E-state index in [4.69, 9.17) is 34.8 Å². The first-order chi connectivity index (χ1) is 8.97. The maximum Gasteiger partial charge on any atom is 0.255 e. The highest BCUT2D eigenvalue weighted by atomic mass is 35.5. The van der Waals surface area contributed by atoms with Crippen LogP contribution >= 0.6 is 34.8 Å². The summed E-state index contributed by atoms with van der Waals surface area (Å²) in [5.41, 5.74) is 2.05. The van der Waals surface area contributed by atoms with Gasteiger partial charge in [-0.25, -0.2) is 0 Å². The minimum atomic E-state index is -0.246. The van der Waals surface area contributed by atoms with Gasteiger partial charge in [-0.2, -0.15) is 0 Å². The molecule has 2 aromatic carbocycles. The van der Waals surface area contributed by atoms with Gasteiger partial charge in [0, 0.05) is 16.3 Å². The molecule has 19 heavy (non-hydrogen) atoms. The standard InChI is InChI=1S/C14H10Cl3NO/c1-8-6-10(15)3-5-13(8)18-14(19)9-2-4-11(16)12(17)7-9/h2-7H,1H3,(H,18,19). The van der Waals surface area contributed by atoms with Crippen LogP contribution in [0.15, 0.2) is 36.4 Å². The van der Waals surface area contributed by atoms with Crippen LogP contribution in [0.4, 0.5) is 5.69 Å². The lowest BCUT2D eigenvalue weighted by Gasteiger charge is -2.09. The van der Waals surface area contributed by atoms with E-state index < -0.39 is 0 Å². The molecule has 0 radical (unpaired) electrons. The minimum Gasteiger partial charge on any atom is -0.322 e. The second-order valence-electron chi connectivity index (χ2n) is 4.04. The Balaban J connectivity index is 2.23. The Morgan fingerprint density at radius 3 is 2.37 bits per heavy atom. The lowest BCUT2D eigenvalue weighted by atomic mass is 10.1. The van der Waals surface area contributed by atoms with Crippen LogP contribution in [0.3, 0.4) is 0 Å². The lowest BCUT2D eigenvalue weighted by molar-refractivity contribution is 0.102. The normalized spacial score (nSPS) is 10.3. The zero-order valence-electron chi connectivity index (χ0n) is 10.0. The van der Waals surface area contributed by atoms with Gasteiger partial charge in [-0.05, 0) is 48.9 Å². The molecule has 0 aromatic heterocycles. The molecule has 0 heterocycles. The van der Waals surface area contributed by atoms with Crippen molar-refractivity contribution >= 4 is 46.4 Å². The predicted molar refractivity (Wildman–Crippen MR) is 80.6 cm³/mol. The number of carbonyl (C=O) groups excluding carboxylic acids is 1. The van der Waals surface area contributed by atoms with E-state index in [-0.39, 0.29) is 5.91 Å². The third-order valence-electron chi connectivity index (χ3n) is 2.62. The molecular formula is C14H10Cl3NO. The number of rotatable bonds is 2. The highest BCUT2D eigenvalue weighted by Crippen LogP contribution is 2.24. The van der Waals surface area contributed by atoms with E-state index in [2.05, 4.69) is 5.32 Å². The molecule has 0 aliphatic carbocycles. The summed E-state index contributed by atoms with van der Waals surface area (Å²) in [6.45, 7) is 1.87. The van der Waals surface area contributed by atoms with Crippen LogP contribution in [0.5, 0.6) is 0 Å². The van der Waals surface area contributed by atoms with Gasteiger partial charge in [-0.15, -0.1) is 0 Å². The quantitative estimate of drug-likeness (QED) is 0.810. The van der Waals surface area contributed by atoms with E-state index >= 15 is 0 Å². The largest absolute Gasteiger partial charge is 0.322 e. The van der Waals surface area contributed by atoms with Gasteiger partial charge in [0.05, 0.1) is 10.0 Å². The molecule has 0 atom stereocenters. The van der Waals surface area contributed by atoms with Crippen molar-refractivity contribution in [1.82, 2.24) is 0 Å². The van der Waals surface area contributed by atoms with Crippen molar-refractivity contribution in [3.05, 3.63) is 62.6 Å². The lowest BCUT2D eigenvalue weighted by Crippen LogP contribution is -2.12. The van der Waals surface area contributed by atoms with Gasteiger partial charge in [-0.1, -0.05) is 34.8 Å². The van der Waals surface area contributed by atoms with E-state index in [1.807, 2.05) is 6.92 Å². The summed E-state index contributed by atoms with van der Waals surface area (Å²) in [6.07, 6.45) is 0. The van der Waals surface area contributed by atoms with Gasteiger partial charge in [0.25, 0.3) is 5.91 Å². The number of hydrogen-bond acceptors (Lipinski definition) is 1. The summed E-state index contributed by atoms with van der Waals surface area (Å²) < 4.78 is 0. The summed E-state index contributed by atoms with van der Waals surface area (Å²) in [6, 6.07) is 10.0. The Kier molecular flexibility index (Phi) is 4.35. The van der Waals surface area contributed by atoms with E-state index in [1.54, 1.807) is 30.3 Å². The van der Waals surface area contributed by atoms with Crippen molar-refractivity contribution in [1.29, 1.82) is 0 Å². The molecule has 5 heteroatoms. The molecule has 98 valence electrons. The first kappa shape index (κ1) is 14.2. The number of benzene rings is 2. The topological polar surface area (TPSA) is 29.1 Å². The second-order valence-corrected chi connectivity index (χ2v) is 5.29. The fourth-order valence-corrected chi connectivity index (χ4v) is 2.12. The van der Waals surface area contributed by atoms with Crippen molar-refractivity contribution in [3.63, 3.8) is 0 Å². The molecule has 2 rings (SSSR count). The number of anilines is 1. The fourth-order valence-electron chi connectivity index (χ4n) is 1.60. The first-order valence-electron chi connectivity index (χ1n) is 5.50. The third kappa shape index (κ3) is 3.41. The number of halogens is 3. The van der Waals surface area contributed by atoms with Gasteiger partial charge in [-0.3, -0.25) is 4.79 Å². The van der Waals surface area contributed by atoms with E-state index in [0.717, 1.165) is 5.56 Å². The summed E-state index contributed by atoms with van der Waals surface area (Å²) in [4.78, 5) is 12.1. The van der Waals surface area contributed by atoms with E-state index in [1.165, 1.54) is 6.07 Å². The number of hydrogen-bond donors (Lipinski definition) is 1. The number of aryl methyl sites for hydroxylation is 1. The average Bonchev–Trinajstić information content (AvgIpc) is 2.36. The third-order valence-corrected chi connectivity index (χ3v) is 3.59. The SMILES string of the molecule is Cc1cc(Cl)ccc1NC(=O)c1ccc(Cl)c(Cl)c1. The molecule has 0 bridgehead atoms. The fraction of sp³-hybridized carbons (Fsp3) is 0.0714. The van der Waals surface area contributed by atoms with Crippen LogP contribution < -0.4 is 5.32 Å². The minimum absolute atomic E-state index is 0.246. The van der Waals surface area contributed by atoms with Crippen LogP contribution in [-0.4, -0.2) is 5.91 Å². The Hall–Kier alpha value is -1.22. The average molecular weight is 315 g/mol. The van der Waals surface area contributed by atoms with Crippen molar-refractivity contribution < 1.29 is 4.79 Å². The number of carbonyl (C=O) groups is 1. The molecule has 0 fully saturated rings. The Morgan fingerprint density at radius 2 is 1.74 bits per heavy atom. The monoisotopic (exact) mass is 313 g/mol. The molecule has 0 spiro atoms. The van der Waals surface area contributed by atoms with Crippen LogP contribution in [0.25, 0.3) is 0 Å². The van der Waals surface area contributed by atoms with Gasteiger partial charge in [0.15, 0.2) is 0 Å². The zero-order chi connectivity index (χ0) is 14.0. The highest BCUT2D eigenvalue weighted by Gasteiger charge is 2.09. The molecular weight excluding hydrogens is 305 g/mol. The van der Waals surface area contributed by atoms with Gasteiger partial charge in [0.2, 0.25) is 0 Å². The Labute approximate surface area is 126 Å². The molecule has 0 saturated carbocycles. The van der Waals surface area contributed by atoms with Crippen molar-refractivity contribution in [2.75, 3.05) is 5.32 Å². The van der Waals surface area contributed by atoms with Crippen LogP contribution in [-0.2, 0) is 0 Å². The Bertz CT molecular complexity index is 641. The Morgan fingerprint density at radius 1 is 1.00 bits per heavy atom. The molecule has 0 saturated heterocycles. The summed E-state index contributed by atoms with van der Waals surface area (Å²) >= 11 is 17.6. The highest BCUT2D eigenvalue weighted by molar-refractivity contribution is 6.42. The van der Waals surface area contributed by atoms with Crippen LogP contribution in [0, 0.1) is 6.92 Å². The molecule has 2 nitrogen and oxygen atoms in total. The van der Waals surface area contributed by atoms with Gasteiger partial charge < -0.3 is 5.32 Å². The molecule has 0 aliphatic rings. The number of nitrogens with one attached hydrogen (secondary N) is 1. The smallest absolute Gasteiger partial charge is 0.255 e. The zero-order valence-corrected chi connectivity index (χ0v) is 12.3. The predicted octanol–water partition coefficient (Wildman–Crippen LogP) is 5.21. The summed E-state index contributed by atoms with van der Waals surface area (Å²) in [7, 11) is 0. The molecule has 1 amide bonds. The summed E-state index contributed by atoms with van der Waals surface area (Å²) in [5, 5.41) is 4.20. The van der Waals surface area contributed by atoms with E-state index in [9.17, 15) is 4.79 Å². The van der Waals surface area contributed by atoms with Crippen molar-refractivity contribution in [2.45, 2.75) is 6.92 Å². The maximum absolute atomic E-state index is 12.1.